The van der Waals surface area contributed by atoms with Crippen LogP contribution in [-0.2, 0) is 112 Å². The van der Waals surface area contributed by atoms with Gasteiger partial charge >= 0.3 is 0 Å². The summed E-state index contributed by atoms with van der Waals surface area (Å²) in [6.45, 7) is -5.84. The van der Waals surface area contributed by atoms with Crippen molar-refractivity contribution in [1.82, 2.24) is 0 Å². The second-order valence-corrected chi connectivity index (χ2v) is 38.0. The summed E-state index contributed by atoms with van der Waals surface area (Å²) in [5.41, 5.74) is -3.75. The first-order valence-corrected chi connectivity index (χ1v) is 49.1. The fourth-order valence-corrected chi connectivity index (χ4v) is 21.0. The molecule has 0 aliphatic carbocycles. The maximum atomic E-state index is 11.0. The van der Waals surface area contributed by atoms with E-state index in [9.17, 15) is 197 Å². The topological polar surface area (TPSA) is 1080 Å². The van der Waals surface area contributed by atoms with E-state index in [4.69, 9.17) is 20.9 Å². The third-order valence-electron chi connectivity index (χ3n) is 12.9. The van der Waals surface area contributed by atoms with Crippen molar-refractivity contribution in [2.45, 2.75) is 78.1 Å². The lowest BCUT2D eigenvalue weighted by atomic mass is 9.94. The van der Waals surface area contributed by atoms with Gasteiger partial charge in [0.1, 0.15) is 123 Å². The summed E-state index contributed by atoms with van der Waals surface area (Å²) in [5, 5.41) is 195. The molecule has 92 heteroatoms. The van der Waals surface area contributed by atoms with Crippen LogP contribution in [0.3, 0.4) is 0 Å². The molecule has 3 aliphatic rings. The molecule has 0 aromatic carbocycles. The predicted octanol–water partition coefficient (Wildman–Crippen LogP) is 0.382. The predicted molar refractivity (Wildman–Crippen MR) is 440 cm³/mol. The number of thiocyanates is 3. The molecular formula is C41H58Br6N20O58S8. The zero-order valence-electron chi connectivity index (χ0n) is 64.2. The minimum atomic E-state index is -3.59. The van der Waals surface area contributed by atoms with E-state index >= 15 is 0 Å². The van der Waals surface area contributed by atoms with Crippen molar-refractivity contribution < 1.29 is 199 Å². The molecule has 3 aliphatic heterocycles. The van der Waals surface area contributed by atoms with Gasteiger partial charge in [0.15, 0.2) is 29.5 Å². The highest BCUT2D eigenvalue weighted by Gasteiger charge is 2.44. The van der Waals surface area contributed by atoms with Crippen LogP contribution in [0.1, 0.15) is 0 Å². The van der Waals surface area contributed by atoms with Gasteiger partial charge in [0.25, 0.3) is 86.5 Å². The van der Waals surface area contributed by atoms with Crippen molar-refractivity contribution >= 4 is 182 Å². The summed E-state index contributed by atoms with van der Waals surface area (Å²) in [4.78, 5) is 243. The van der Waals surface area contributed by atoms with Gasteiger partial charge in [-0.1, -0.05) is 117 Å². The highest BCUT2D eigenvalue weighted by molar-refractivity contribution is 9.10. The normalized spacial score (nSPS) is 17.4. The van der Waals surface area contributed by atoms with Crippen molar-refractivity contribution in [2.24, 2.45) is 10.8 Å². The third-order valence-corrected chi connectivity index (χ3v) is 26.9. The molecule has 1 N–H and O–H groups in total. The number of aliphatic hydroxyl groups is 1. The quantitative estimate of drug-likeness (QED) is 0.0215. The maximum Gasteiger partial charge on any atom is 0.295 e. The first kappa shape index (κ1) is 131. The Morgan fingerprint density at radius 3 is 0.782 bits per heavy atom. The Morgan fingerprint density at radius 1 is 0.338 bits per heavy atom. The van der Waals surface area contributed by atoms with Crippen LogP contribution in [0.4, 0.5) is 0 Å². The highest BCUT2D eigenvalue weighted by Crippen LogP contribution is 2.37. The molecule has 0 saturated carbocycles. The Kier molecular flexibility index (Phi) is 69.4. The fraction of sp³-hybridized carbons (Fsp3) is 0.878. The Morgan fingerprint density at radius 2 is 0.571 bits per heavy atom. The van der Waals surface area contributed by atoms with E-state index in [1.54, 1.807) is 16.2 Å². The van der Waals surface area contributed by atoms with Crippen molar-refractivity contribution in [2.75, 3.05) is 124 Å². The summed E-state index contributed by atoms with van der Waals surface area (Å²) in [6.07, 6.45) is -12.3. The molecule has 13 atom stereocenters. The number of aliphatic hydroxyl groups excluding tert-OH is 1. The van der Waals surface area contributed by atoms with E-state index < -0.39 is 268 Å². The Hall–Kier alpha value is -10.9. The van der Waals surface area contributed by atoms with Crippen LogP contribution in [0.2, 0.25) is 0 Å². The Bertz CT molecular complexity index is 4070. The van der Waals surface area contributed by atoms with Crippen LogP contribution in [0, 0.1) is 215 Å². The molecule has 78 nitrogen and oxygen atoms in total. The summed E-state index contributed by atoms with van der Waals surface area (Å²) in [6, 6.07) is 0. The van der Waals surface area contributed by atoms with Crippen LogP contribution < -0.4 is 0 Å². The molecule has 0 aromatic rings. The molecule has 3 heterocycles. The zero-order valence-corrected chi connectivity index (χ0v) is 80.3. The second-order valence-electron chi connectivity index (χ2n) is 22.4. The van der Waals surface area contributed by atoms with E-state index in [0.29, 0.717) is 56.9 Å². The Balaban J connectivity index is -0.000000488. The number of hydrogen-bond donors (Lipinski definition) is 1. The van der Waals surface area contributed by atoms with E-state index in [2.05, 4.69) is 178 Å². The minimum absolute atomic E-state index is 0.0293. The van der Waals surface area contributed by atoms with Crippen LogP contribution in [0.25, 0.3) is 0 Å². The van der Waals surface area contributed by atoms with Gasteiger partial charge in [0.05, 0.1) is 50.5 Å². The lowest BCUT2D eigenvalue weighted by molar-refractivity contribution is -0.796. The van der Waals surface area contributed by atoms with Crippen LogP contribution in [-0.4, -0.2) is 319 Å². The number of hydrogen-bond acceptors (Lipinski definition) is 66. The molecule has 0 amide bonds. The molecule has 0 radical (unpaired) electrons. The molecule has 13 unspecified atom stereocenters. The van der Waals surface area contributed by atoms with Crippen molar-refractivity contribution in [3.8, 4) is 16.2 Å². The number of alkyl halides is 6. The lowest BCUT2D eigenvalue weighted by Crippen LogP contribution is -2.42. The van der Waals surface area contributed by atoms with E-state index in [0.717, 1.165) is 11.5 Å². The van der Waals surface area contributed by atoms with Gasteiger partial charge in [-0.3, -0.25) is 0 Å². The Labute approximate surface area is 803 Å². The molecule has 133 heavy (non-hydrogen) atoms. The number of halogens is 6. The maximum absolute atomic E-state index is 11.0. The van der Waals surface area contributed by atoms with Crippen molar-refractivity contribution in [3.63, 3.8) is 0 Å². The highest BCUT2D eigenvalue weighted by atomic mass is 79.9. The van der Waals surface area contributed by atoms with Gasteiger partial charge in [-0.2, -0.15) is 15.8 Å². The van der Waals surface area contributed by atoms with Crippen LogP contribution in [0.5, 0.6) is 0 Å². The number of rotatable bonds is 60. The molecule has 0 aromatic heterocycles. The van der Waals surface area contributed by atoms with Gasteiger partial charge in [-0.05, 0) is 41.4 Å². The zero-order chi connectivity index (χ0) is 104. The third kappa shape index (κ3) is 71.4. The van der Waals surface area contributed by atoms with Gasteiger partial charge in [0, 0.05) is 60.8 Å². The summed E-state index contributed by atoms with van der Waals surface area (Å²) < 4.78 is 65.1. The summed E-state index contributed by atoms with van der Waals surface area (Å²) in [5.74, 6) is -3.45. The minimum Gasteiger partial charge on any atom is -0.390 e. The van der Waals surface area contributed by atoms with Crippen molar-refractivity contribution in [3.05, 3.63) is 183 Å². The van der Waals surface area contributed by atoms with Gasteiger partial charge in [0.2, 0.25) is 0 Å². The molecule has 0 spiro atoms. The average molecular weight is 2490 g/mol. The fourth-order valence-electron chi connectivity index (χ4n) is 7.51. The van der Waals surface area contributed by atoms with E-state index in [-0.39, 0.29) is 61.2 Å². The first-order valence-electron chi connectivity index (χ1n) is 31.8. The monoisotopic (exact) mass is 2490 g/mol. The molecule has 3 rings (SSSR count). The largest absolute Gasteiger partial charge is 0.390 e. The first-order chi connectivity index (χ1) is 61.5. The van der Waals surface area contributed by atoms with E-state index in [1.807, 2.05) is 0 Å². The summed E-state index contributed by atoms with van der Waals surface area (Å²) in [7, 11) is -8.66. The number of thioether (sulfide) groups is 3. The lowest BCUT2D eigenvalue weighted by Gasteiger charge is -2.32. The smallest absolute Gasteiger partial charge is 0.295 e. The molecule has 2 fully saturated rings. The number of nitriles is 3. The standard InChI is InChI=1S/C10H16N6O18S2.C6H6N4O6S2.C5H6BrN3O6S.C4H6Br2N2O6.C4H7Br2NO4.C4H6BrNO5S.C4H6N2O8S.C4H5NO5S/c17-11(18)29-1-9(2-30-12(19)20,3-31-13(21)22)7-35-36-8-10(4-32-14(23)24,5-33-15(25)26)6-34-16(27)28;7-3-17-1-5(15-9(11)12)6(2-18-4-8)16-10(13)14;6-1-4(14-8(10)11)5(2-16-3-7)15-9(12)13;5-1-3(13-7(9)10)4(2-6)14-8(11)12;5-1-3(8)4(2-6)11-7(9)10;5-3-1-12(9,10)2-4(3)11-6(7)8;7-5(8)13-3-1-15(11,12)2-4(3)14-6(9)10;6-5(7)10-4-1-2-11(8,9)3-4/h1-8H2;5-6H,1-2H2;4-5H,1-2H2;3-4H,1-2H2;3-4,8H,1-2H2;3-4H,1-2H2;3-4H,1-2H2;1-2,4H,3H2. The van der Waals surface area contributed by atoms with Crippen LogP contribution in [0.15, 0.2) is 11.5 Å². The van der Waals surface area contributed by atoms with Gasteiger partial charge in [-0.15, -0.1) is 172 Å². The molecule has 2 saturated heterocycles. The SMILES string of the molecule is N#CSCC(O[N+](=O)[O-])C(CBr)O[N+](=O)[O-].N#CSCC(O[N+](=O)[O-])C(CSC#N)O[N+](=O)[O-].O=[N+]([O-])OC(CBr)C(CBr)O[N+](=O)[O-].O=[N+]([O-])OC(CBr)C(O)CBr.O=[N+]([O-])OC1C=CS(=O)(=O)C1.O=[N+]([O-])OC1CS(=O)(=O)CC1Br.O=[N+]([O-])OC1CS(=O)(=O)CC1O[N+](=O)[O-].O=[N+]([O-])OCC(CO[N+](=O)[O-])(CO[N+](=O)[O-])CSSCC(CO[N+](=O)[O-])(CO[N+](=O)[O-])CO[N+](=O)[O-]. The second kappa shape index (κ2) is 70.7. The number of nitrogens with zero attached hydrogens (tertiary/aromatic N) is 20. The number of sulfone groups is 3. The molecule has 760 valence electrons. The van der Waals surface area contributed by atoms with Crippen molar-refractivity contribution in [1.29, 1.82) is 15.8 Å². The molecular weight excluding hydrogens is 2440 g/mol. The summed E-state index contributed by atoms with van der Waals surface area (Å²) >= 11 is 19.6. The van der Waals surface area contributed by atoms with E-state index in [1.165, 1.54) is 0 Å². The van der Waals surface area contributed by atoms with Gasteiger partial charge in [-0.25, -0.2) is 25.3 Å². The average Bonchev–Trinajstić information content (AvgIpc) is 1.70. The van der Waals surface area contributed by atoms with Gasteiger partial charge < -0.3 is 87.3 Å². The molecule has 0 bridgehead atoms. The van der Waals surface area contributed by atoms with Crippen LogP contribution >= 0.6 is 152 Å².